The van der Waals surface area contributed by atoms with Crippen LogP contribution in [-0.4, -0.2) is 8.80 Å². The lowest BCUT2D eigenvalue weighted by Gasteiger charge is -2.20. The molecule has 0 saturated carbocycles. The van der Waals surface area contributed by atoms with Crippen molar-refractivity contribution in [3.63, 3.8) is 0 Å². The van der Waals surface area contributed by atoms with Crippen LogP contribution in [0.2, 0.25) is 5.02 Å². The zero-order valence-corrected chi connectivity index (χ0v) is 16.9. The highest BCUT2D eigenvalue weighted by Crippen LogP contribution is 2.10. The van der Waals surface area contributed by atoms with E-state index in [0.29, 0.717) is 0 Å². The van der Waals surface area contributed by atoms with Gasteiger partial charge in [-0.15, -0.1) is 0 Å². The van der Waals surface area contributed by atoms with Crippen LogP contribution in [0.1, 0.15) is 30.5 Å². The molecule has 3 aromatic rings. The third kappa shape index (κ3) is 4.05. The van der Waals surface area contributed by atoms with E-state index < -0.39 is 8.80 Å². The summed E-state index contributed by atoms with van der Waals surface area (Å²) in [5, 5.41) is 4.97. The lowest BCUT2D eigenvalue weighted by molar-refractivity contribution is 1.09. The first kappa shape index (κ1) is 18.0. The van der Waals surface area contributed by atoms with E-state index in [2.05, 4.69) is 75.4 Å². The Hall–Kier alpha value is -1.83. The molecule has 2 heteroatoms. The maximum atomic E-state index is 6.63. The van der Waals surface area contributed by atoms with Crippen LogP contribution in [0.3, 0.4) is 0 Å². The molecule has 0 unspecified atom stereocenters. The predicted octanol–water partition coefficient (Wildman–Crippen LogP) is 4.29. The maximum Gasteiger partial charge on any atom is 0.156 e. The van der Waals surface area contributed by atoms with Crippen molar-refractivity contribution in [2.45, 2.75) is 33.6 Å². The number of hydrogen-bond acceptors (Lipinski definition) is 0. The topological polar surface area (TPSA) is 0 Å². The molecule has 0 fully saturated rings. The molecule has 3 rings (SSSR count). The molecule has 25 heavy (non-hydrogen) atoms. The Labute approximate surface area is 158 Å². The van der Waals surface area contributed by atoms with E-state index >= 15 is 0 Å². The van der Waals surface area contributed by atoms with Crippen LogP contribution in [0.4, 0.5) is 0 Å². The monoisotopic (exact) mass is 363 g/mol. The van der Waals surface area contributed by atoms with Crippen molar-refractivity contribution in [1.29, 1.82) is 0 Å². The molecular weight excluding hydrogens is 340 g/mol. The Bertz CT molecular complexity index is 847. The first-order valence-electron chi connectivity index (χ1n) is 8.94. The van der Waals surface area contributed by atoms with Crippen LogP contribution in [0.5, 0.6) is 0 Å². The fourth-order valence-corrected chi connectivity index (χ4v) is 6.51. The van der Waals surface area contributed by atoms with E-state index in [1.54, 1.807) is 0 Å². The van der Waals surface area contributed by atoms with Crippen LogP contribution in [-0.2, 0) is 12.8 Å². The summed E-state index contributed by atoms with van der Waals surface area (Å²) in [5.74, 6) is 0. The molecule has 0 amide bonds. The maximum absolute atomic E-state index is 6.63. The van der Waals surface area contributed by atoms with Gasteiger partial charge < -0.3 is 0 Å². The van der Waals surface area contributed by atoms with E-state index in [4.69, 9.17) is 11.6 Å². The lowest BCUT2D eigenvalue weighted by Crippen LogP contribution is -2.52. The lowest BCUT2D eigenvalue weighted by atomic mass is 10.1. The van der Waals surface area contributed by atoms with Crippen molar-refractivity contribution in [2.24, 2.45) is 0 Å². The molecule has 0 aliphatic heterocycles. The number of benzene rings is 3. The van der Waals surface area contributed by atoms with Gasteiger partial charge in [0.05, 0.1) is 0 Å². The third-order valence-corrected chi connectivity index (χ3v) is 7.82. The van der Waals surface area contributed by atoms with Crippen molar-refractivity contribution in [1.82, 2.24) is 0 Å². The van der Waals surface area contributed by atoms with Crippen LogP contribution in [0.25, 0.3) is 0 Å². The zero-order valence-electron chi connectivity index (χ0n) is 15.1. The quantitative estimate of drug-likeness (QED) is 0.468. The molecule has 0 bridgehead atoms. The molecule has 127 valence electrons. The van der Waals surface area contributed by atoms with Gasteiger partial charge in [0.1, 0.15) is 0 Å². The van der Waals surface area contributed by atoms with Crippen molar-refractivity contribution >= 4 is 36.0 Å². The number of aryl methyl sites for hydroxylation is 3. The van der Waals surface area contributed by atoms with Gasteiger partial charge in [-0.25, -0.2) is 0 Å². The van der Waals surface area contributed by atoms with Gasteiger partial charge in [-0.1, -0.05) is 102 Å². The minimum Gasteiger partial charge on any atom is -0.0845 e. The average Bonchev–Trinajstić information content (AvgIpc) is 2.63. The Kier molecular flexibility index (Phi) is 5.77. The molecule has 0 aliphatic rings. The number of halogens is 1. The second kappa shape index (κ2) is 8.03. The van der Waals surface area contributed by atoms with Gasteiger partial charge in [0, 0.05) is 5.02 Å². The number of hydrogen-bond donors (Lipinski definition) is 0. The summed E-state index contributed by atoms with van der Waals surface area (Å²) < 4.78 is 0. The molecule has 1 radical (unpaired) electrons. The van der Waals surface area contributed by atoms with Gasteiger partial charge in [-0.2, -0.15) is 0 Å². The zero-order chi connectivity index (χ0) is 17.8. The highest BCUT2D eigenvalue weighted by molar-refractivity contribution is 6.96. The average molecular weight is 364 g/mol. The van der Waals surface area contributed by atoms with Gasteiger partial charge in [0.15, 0.2) is 8.80 Å². The summed E-state index contributed by atoms with van der Waals surface area (Å²) in [6.07, 6.45) is 2.12. The largest absolute Gasteiger partial charge is 0.156 e. The van der Waals surface area contributed by atoms with E-state index in [-0.39, 0.29) is 0 Å². The second-order valence-electron chi connectivity index (χ2n) is 6.47. The van der Waals surface area contributed by atoms with Crippen molar-refractivity contribution in [3.05, 3.63) is 88.4 Å². The van der Waals surface area contributed by atoms with Gasteiger partial charge in [-0.05, 0) is 42.1 Å². The van der Waals surface area contributed by atoms with Crippen molar-refractivity contribution in [3.8, 4) is 0 Å². The van der Waals surface area contributed by atoms with Gasteiger partial charge in [0.2, 0.25) is 0 Å². The van der Waals surface area contributed by atoms with E-state index in [9.17, 15) is 0 Å². The van der Waals surface area contributed by atoms with Crippen LogP contribution in [0, 0.1) is 6.92 Å². The summed E-state index contributed by atoms with van der Waals surface area (Å²) in [6.45, 7) is 6.62. The Morgan fingerprint density at radius 1 is 0.760 bits per heavy atom. The number of rotatable bonds is 5. The van der Waals surface area contributed by atoms with E-state index in [0.717, 1.165) is 17.9 Å². The minimum absolute atomic E-state index is 0.873. The fourth-order valence-electron chi connectivity index (χ4n) is 3.26. The Morgan fingerprint density at radius 2 is 1.44 bits per heavy atom. The summed E-state index contributed by atoms with van der Waals surface area (Å²) in [5.41, 5.74) is 4.13. The van der Waals surface area contributed by atoms with E-state index in [1.807, 2.05) is 12.1 Å². The van der Waals surface area contributed by atoms with Crippen molar-refractivity contribution in [2.75, 3.05) is 0 Å². The Balaban J connectivity index is 2.23. The van der Waals surface area contributed by atoms with Gasteiger partial charge in [0.25, 0.3) is 0 Å². The predicted molar refractivity (Wildman–Crippen MR) is 112 cm³/mol. The smallest absolute Gasteiger partial charge is 0.0845 e. The minimum atomic E-state index is -1.13. The molecule has 0 spiro atoms. The summed E-state index contributed by atoms with van der Waals surface area (Å²) >= 11 is 6.63. The van der Waals surface area contributed by atoms with E-state index in [1.165, 1.54) is 32.3 Å². The van der Waals surface area contributed by atoms with Crippen LogP contribution < -0.4 is 15.6 Å². The highest BCUT2D eigenvalue weighted by Gasteiger charge is 2.22. The summed E-state index contributed by atoms with van der Waals surface area (Å²) in [4.78, 5) is 0. The fraction of sp³-hybridized carbons (Fsp3) is 0.217. The normalized spacial score (nSPS) is 11.1. The Morgan fingerprint density at radius 3 is 2.04 bits per heavy atom. The molecule has 0 saturated heterocycles. The molecule has 0 aromatic heterocycles. The molecule has 3 aromatic carbocycles. The summed E-state index contributed by atoms with van der Waals surface area (Å²) in [7, 11) is -1.13. The first-order valence-corrected chi connectivity index (χ1v) is 10.8. The van der Waals surface area contributed by atoms with Crippen LogP contribution >= 0.6 is 11.6 Å². The first-order chi connectivity index (χ1) is 12.1. The molecule has 0 N–H and O–H groups in total. The summed E-state index contributed by atoms with van der Waals surface area (Å²) in [6, 6.07) is 24.4. The highest BCUT2D eigenvalue weighted by atomic mass is 35.5. The third-order valence-electron chi connectivity index (χ3n) is 4.61. The second-order valence-corrected chi connectivity index (χ2v) is 9.32. The molecule has 0 heterocycles. The SMILES string of the molecule is CCc1cc(CC)cc([Si](c2cccc(C)c2)c2ccccc2Cl)c1. The van der Waals surface area contributed by atoms with Gasteiger partial charge >= 0.3 is 0 Å². The molecule has 0 atom stereocenters. The standard InChI is InChI=1S/C23H24ClSi/c1-4-18-14-19(5-2)16-21(15-18)25(20-10-8-9-17(3)13-20)23-12-7-6-11-22(23)24/h6-16H,4-5H2,1-3H3. The molecule has 0 nitrogen and oxygen atoms in total. The molecule has 0 aliphatic carbocycles. The van der Waals surface area contributed by atoms with Crippen molar-refractivity contribution < 1.29 is 0 Å². The van der Waals surface area contributed by atoms with Crippen LogP contribution in [0.15, 0.2) is 66.7 Å². The molecular formula is C23H24ClSi. The van der Waals surface area contributed by atoms with Gasteiger partial charge in [-0.3, -0.25) is 0 Å².